The van der Waals surface area contributed by atoms with Gasteiger partial charge in [0.1, 0.15) is 17.4 Å². The molecule has 0 unspecified atom stereocenters. The molecule has 2 heterocycles. The first kappa shape index (κ1) is 21.7. The summed E-state index contributed by atoms with van der Waals surface area (Å²) in [4.78, 5) is 12.8. The standard InChI is InChI=1S/C27H20N6O2/c28-17-22-18-29-33(23-9-5-2-6-10-23)26(22)30-27(34)25-15-16-32(31-25)19-35-24-13-11-21(12-14-24)20-7-3-1-4-8-20/h1-16,18H,19H2,(H,30,34). The second kappa shape index (κ2) is 9.77. The van der Waals surface area contributed by atoms with Crippen molar-refractivity contribution in [2.24, 2.45) is 0 Å². The molecule has 0 saturated heterocycles. The first-order valence-electron chi connectivity index (χ1n) is 10.9. The van der Waals surface area contributed by atoms with E-state index in [0.29, 0.717) is 5.75 Å². The maximum atomic E-state index is 12.8. The number of carbonyl (C=O) groups is 1. The van der Waals surface area contributed by atoms with Gasteiger partial charge in [0.05, 0.1) is 11.9 Å². The number of aromatic nitrogens is 4. The Kier molecular flexibility index (Phi) is 6.05. The van der Waals surface area contributed by atoms with Crippen LogP contribution in [0.5, 0.6) is 5.75 Å². The molecule has 0 saturated carbocycles. The summed E-state index contributed by atoms with van der Waals surface area (Å²) in [6.45, 7) is 0.142. The van der Waals surface area contributed by atoms with E-state index in [2.05, 4.69) is 33.7 Å². The van der Waals surface area contributed by atoms with Crippen LogP contribution in [0.1, 0.15) is 16.1 Å². The zero-order valence-electron chi connectivity index (χ0n) is 18.6. The molecule has 0 aliphatic carbocycles. The van der Waals surface area contributed by atoms with Gasteiger partial charge >= 0.3 is 0 Å². The Hall–Kier alpha value is -5.16. The third-order valence-electron chi connectivity index (χ3n) is 5.32. The summed E-state index contributed by atoms with van der Waals surface area (Å²) in [6, 6.07) is 30.8. The number of anilines is 1. The minimum absolute atomic E-state index is 0.142. The topological polar surface area (TPSA) is 97.8 Å². The molecule has 170 valence electrons. The van der Waals surface area contributed by atoms with E-state index in [-0.39, 0.29) is 23.8 Å². The first-order valence-corrected chi connectivity index (χ1v) is 10.9. The quantitative estimate of drug-likeness (QED) is 0.373. The maximum Gasteiger partial charge on any atom is 0.277 e. The smallest absolute Gasteiger partial charge is 0.277 e. The molecule has 0 radical (unpaired) electrons. The lowest BCUT2D eigenvalue weighted by molar-refractivity contribution is 0.101. The number of para-hydroxylation sites is 1. The van der Waals surface area contributed by atoms with E-state index in [0.717, 1.165) is 16.8 Å². The fourth-order valence-electron chi connectivity index (χ4n) is 3.56. The number of ether oxygens (including phenoxy) is 1. The monoisotopic (exact) mass is 460 g/mol. The third-order valence-corrected chi connectivity index (χ3v) is 5.32. The summed E-state index contributed by atoms with van der Waals surface area (Å²) in [7, 11) is 0. The summed E-state index contributed by atoms with van der Waals surface area (Å²) in [5.74, 6) is 0.523. The summed E-state index contributed by atoms with van der Waals surface area (Å²) >= 11 is 0. The van der Waals surface area contributed by atoms with Crippen LogP contribution in [0.3, 0.4) is 0 Å². The van der Waals surface area contributed by atoms with Crippen LogP contribution < -0.4 is 10.1 Å². The van der Waals surface area contributed by atoms with Gasteiger partial charge in [0, 0.05) is 6.20 Å². The highest BCUT2D eigenvalue weighted by atomic mass is 16.5. The molecule has 1 N–H and O–H groups in total. The van der Waals surface area contributed by atoms with Gasteiger partial charge in [-0.1, -0.05) is 60.7 Å². The fraction of sp³-hybridized carbons (Fsp3) is 0.0370. The van der Waals surface area contributed by atoms with Crippen LogP contribution in [-0.4, -0.2) is 25.5 Å². The zero-order chi connectivity index (χ0) is 24.0. The zero-order valence-corrected chi connectivity index (χ0v) is 18.6. The molecule has 3 aromatic carbocycles. The van der Waals surface area contributed by atoms with E-state index in [9.17, 15) is 10.1 Å². The normalized spacial score (nSPS) is 10.5. The highest BCUT2D eigenvalue weighted by molar-refractivity contribution is 6.03. The second-order valence-corrected chi connectivity index (χ2v) is 7.62. The largest absolute Gasteiger partial charge is 0.471 e. The van der Waals surface area contributed by atoms with Crippen molar-refractivity contribution >= 4 is 11.7 Å². The summed E-state index contributed by atoms with van der Waals surface area (Å²) < 4.78 is 8.84. The molecule has 0 atom stereocenters. The van der Waals surface area contributed by atoms with Crippen LogP contribution in [0.15, 0.2) is 103 Å². The molecule has 35 heavy (non-hydrogen) atoms. The van der Waals surface area contributed by atoms with Crippen LogP contribution in [0.4, 0.5) is 5.82 Å². The van der Waals surface area contributed by atoms with Crippen LogP contribution in [-0.2, 0) is 6.73 Å². The van der Waals surface area contributed by atoms with E-state index in [1.807, 2.05) is 72.8 Å². The highest BCUT2D eigenvalue weighted by Gasteiger charge is 2.17. The van der Waals surface area contributed by atoms with Crippen LogP contribution in [0.25, 0.3) is 16.8 Å². The van der Waals surface area contributed by atoms with Crippen molar-refractivity contribution in [3.63, 3.8) is 0 Å². The van der Waals surface area contributed by atoms with Crippen molar-refractivity contribution in [1.29, 1.82) is 5.26 Å². The summed E-state index contributed by atoms with van der Waals surface area (Å²) in [6.07, 6.45) is 3.07. The van der Waals surface area contributed by atoms with Crippen molar-refractivity contribution in [2.45, 2.75) is 6.73 Å². The Morgan fingerprint density at radius 1 is 0.914 bits per heavy atom. The molecule has 0 aliphatic rings. The molecule has 5 rings (SSSR count). The van der Waals surface area contributed by atoms with Crippen molar-refractivity contribution in [1.82, 2.24) is 19.6 Å². The van der Waals surface area contributed by atoms with Gasteiger partial charge in [0.2, 0.25) is 0 Å². The number of carbonyl (C=O) groups excluding carboxylic acids is 1. The molecule has 2 aromatic heterocycles. The average Bonchev–Trinajstić information content (AvgIpc) is 3.56. The van der Waals surface area contributed by atoms with E-state index >= 15 is 0 Å². The van der Waals surface area contributed by atoms with E-state index < -0.39 is 5.91 Å². The lowest BCUT2D eigenvalue weighted by Crippen LogP contribution is -2.17. The Morgan fingerprint density at radius 3 is 2.31 bits per heavy atom. The number of hydrogen-bond donors (Lipinski definition) is 1. The first-order chi connectivity index (χ1) is 17.2. The van der Waals surface area contributed by atoms with E-state index in [4.69, 9.17) is 4.74 Å². The number of nitriles is 1. The van der Waals surface area contributed by atoms with Gasteiger partial charge in [-0.15, -0.1) is 0 Å². The minimum atomic E-state index is -0.454. The molecule has 5 aromatic rings. The summed E-state index contributed by atoms with van der Waals surface area (Å²) in [5, 5.41) is 20.7. The van der Waals surface area contributed by atoms with Gasteiger partial charge in [-0.3, -0.25) is 4.79 Å². The average molecular weight is 460 g/mol. The molecule has 8 heteroatoms. The molecule has 0 fully saturated rings. The Bertz CT molecular complexity index is 1480. The predicted molar refractivity (Wildman–Crippen MR) is 131 cm³/mol. The number of nitrogens with zero attached hydrogens (tertiary/aromatic N) is 5. The van der Waals surface area contributed by atoms with E-state index in [1.54, 1.807) is 12.3 Å². The van der Waals surface area contributed by atoms with Gasteiger partial charge in [0.15, 0.2) is 18.2 Å². The predicted octanol–water partition coefficient (Wildman–Crippen LogP) is 4.90. The lowest BCUT2D eigenvalue weighted by Gasteiger charge is -2.09. The SMILES string of the molecule is N#Cc1cnn(-c2ccccc2)c1NC(=O)c1ccn(COc2ccc(-c3ccccc3)cc2)n1. The minimum Gasteiger partial charge on any atom is -0.471 e. The summed E-state index contributed by atoms with van der Waals surface area (Å²) in [5.41, 5.74) is 3.40. The lowest BCUT2D eigenvalue weighted by atomic mass is 10.1. The molecule has 0 spiro atoms. The van der Waals surface area contributed by atoms with E-state index in [1.165, 1.54) is 15.6 Å². The number of benzene rings is 3. The van der Waals surface area contributed by atoms with Crippen molar-refractivity contribution < 1.29 is 9.53 Å². The van der Waals surface area contributed by atoms with Crippen molar-refractivity contribution in [2.75, 3.05) is 5.32 Å². The van der Waals surface area contributed by atoms with Crippen LogP contribution >= 0.6 is 0 Å². The molecule has 1 amide bonds. The van der Waals surface area contributed by atoms with Crippen LogP contribution in [0.2, 0.25) is 0 Å². The molecule has 8 nitrogen and oxygen atoms in total. The van der Waals surface area contributed by atoms with Crippen LogP contribution in [0, 0.1) is 11.3 Å². The molecular formula is C27H20N6O2. The third kappa shape index (κ3) is 4.79. The number of hydrogen-bond acceptors (Lipinski definition) is 5. The maximum absolute atomic E-state index is 12.8. The van der Waals surface area contributed by atoms with Gasteiger partial charge in [-0.25, -0.2) is 9.36 Å². The molecule has 0 aliphatic heterocycles. The Labute approximate surface area is 201 Å². The van der Waals surface area contributed by atoms with Gasteiger partial charge < -0.3 is 10.1 Å². The number of amides is 1. The van der Waals surface area contributed by atoms with Crippen molar-refractivity contribution in [3.8, 4) is 28.6 Å². The van der Waals surface area contributed by atoms with Gasteiger partial charge in [-0.2, -0.15) is 15.5 Å². The Balaban J connectivity index is 1.25. The molecular weight excluding hydrogens is 440 g/mol. The fourth-order valence-corrected chi connectivity index (χ4v) is 3.56. The molecule has 0 bridgehead atoms. The number of nitrogens with one attached hydrogen (secondary N) is 1. The van der Waals surface area contributed by atoms with Gasteiger partial charge in [-0.05, 0) is 41.5 Å². The van der Waals surface area contributed by atoms with Gasteiger partial charge in [0.25, 0.3) is 5.91 Å². The second-order valence-electron chi connectivity index (χ2n) is 7.62. The Morgan fingerprint density at radius 2 is 1.60 bits per heavy atom. The highest BCUT2D eigenvalue weighted by Crippen LogP contribution is 2.23. The van der Waals surface area contributed by atoms with Crippen molar-refractivity contribution in [3.05, 3.63) is 115 Å². The number of rotatable bonds is 7.